The molecule has 4 aromatic rings. The predicted octanol–water partition coefficient (Wildman–Crippen LogP) is 5.58. The molecule has 38 heavy (non-hydrogen) atoms. The maximum absolute atomic E-state index is 13.5. The molecular formula is C31H29NO5S. The van der Waals surface area contributed by atoms with Gasteiger partial charge < -0.3 is 14.5 Å². The molecule has 2 atom stereocenters. The molecule has 1 N–H and O–H groups in total. The number of hydrogen-bond donors (Lipinski definition) is 1. The van der Waals surface area contributed by atoms with Crippen molar-refractivity contribution in [1.82, 2.24) is 5.32 Å². The third-order valence-corrected chi connectivity index (χ3v) is 7.19. The molecule has 1 amide bonds. The van der Waals surface area contributed by atoms with Crippen molar-refractivity contribution in [3.63, 3.8) is 0 Å². The number of benzene rings is 3. The van der Waals surface area contributed by atoms with Gasteiger partial charge in [-0.15, -0.1) is 0 Å². The first kappa shape index (κ1) is 26.9. The lowest BCUT2D eigenvalue weighted by Gasteiger charge is -2.21. The number of carbonyl (C=O) groups is 3. The summed E-state index contributed by atoms with van der Waals surface area (Å²) in [6.07, 6.45) is 2.32. The fraction of sp³-hybridized carbons (Fsp3) is 0.194. The van der Waals surface area contributed by atoms with Crippen molar-refractivity contribution < 1.29 is 23.5 Å². The monoisotopic (exact) mass is 527 g/mol. The lowest BCUT2D eigenvalue weighted by Crippen LogP contribution is -2.46. The molecule has 0 aliphatic heterocycles. The minimum atomic E-state index is -0.866. The molecule has 4 rings (SSSR count). The van der Waals surface area contributed by atoms with Crippen molar-refractivity contribution in [2.45, 2.75) is 18.9 Å². The average molecular weight is 528 g/mol. The topological polar surface area (TPSA) is 85.6 Å². The molecule has 0 saturated carbocycles. The van der Waals surface area contributed by atoms with E-state index in [-0.39, 0.29) is 23.2 Å². The summed E-state index contributed by atoms with van der Waals surface area (Å²) in [4.78, 5) is 38.8. The van der Waals surface area contributed by atoms with Crippen LogP contribution in [0.5, 0.6) is 0 Å². The van der Waals surface area contributed by atoms with Crippen LogP contribution in [0.15, 0.2) is 108 Å². The summed E-state index contributed by atoms with van der Waals surface area (Å²) >= 11 is 1.11. The van der Waals surface area contributed by atoms with Gasteiger partial charge in [-0.05, 0) is 29.7 Å². The maximum atomic E-state index is 13.5. The second-order valence-corrected chi connectivity index (χ2v) is 9.81. The Labute approximate surface area is 226 Å². The minimum absolute atomic E-state index is 0.0994. The van der Waals surface area contributed by atoms with Crippen molar-refractivity contribution in [2.75, 3.05) is 12.9 Å². The molecule has 3 aromatic carbocycles. The van der Waals surface area contributed by atoms with E-state index < -0.39 is 17.9 Å². The highest BCUT2D eigenvalue weighted by Crippen LogP contribution is 2.22. The number of rotatable bonds is 11. The Bertz CT molecular complexity index is 1320. The SMILES string of the molecule is COC(=O)[C@H](Cc1ccc(-c2ccco2)cc1)NC(=O)C(CSC(=O)c1ccccc1)Cc1ccccc1. The molecule has 1 heterocycles. The largest absolute Gasteiger partial charge is 0.467 e. The molecular weight excluding hydrogens is 498 g/mol. The van der Waals surface area contributed by atoms with Crippen molar-refractivity contribution in [2.24, 2.45) is 5.92 Å². The maximum Gasteiger partial charge on any atom is 0.328 e. The zero-order chi connectivity index (χ0) is 26.7. The summed E-state index contributed by atoms with van der Waals surface area (Å²) in [7, 11) is 1.30. The number of thioether (sulfide) groups is 1. The third kappa shape index (κ3) is 7.46. The molecule has 1 aromatic heterocycles. The number of furan rings is 1. The molecule has 0 aliphatic carbocycles. The van der Waals surface area contributed by atoms with Crippen LogP contribution in [0.4, 0.5) is 0 Å². The number of esters is 1. The van der Waals surface area contributed by atoms with Gasteiger partial charge in [-0.3, -0.25) is 9.59 Å². The highest BCUT2D eigenvalue weighted by Gasteiger charge is 2.27. The number of hydrogen-bond acceptors (Lipinski definition) is 6. The number of nitrogens with one attached hydrogen (secondary N) is 1. The van der Waals surface area contributed by atoms with Crippen LogP contribution >= 0.6 is 11.8 Å². The second-order valence-electron chi connectivity index (χ2n) is 8.81. The van der Waals surface area contributed by atoms with Crippen LogP contribution in [0.1, 0.15) is 21.5 Å². The number of amides is 1. The minimum Gasteiger partial charge on any atom is -0.467 e. The average Bonchev–Trinajstić information content (AvgIpc) is 3.51. The molecule has 0 spiro atoms. The van der Waals surface area contributed by atoms with E-state index in [9.17, 15) is 14.4 Å². The van der Waals surface area contributed by atoms with Gasteiger partial charge in [-0.25, -0.2) is 4.79 Å². The highest BCUT2D eigenvalue weighted by molar-refractivity contribution is 8.14. The van der Waals surface area contributed by atoms with Gasteiger partial charge in [0.2, 0.25) is 11.0 Å². The van der Waals surface area contributed by atoms with E-state index in [1.807, 2.05) is 84.9 Å². The standard InChI is InChI=1S/C31H29NO5S/c1-36-30(34)27(20-23-14-16-24(17-15-23)28-13-8-18-37-28)32-29(33)26(19-22-9-4-2-5-10-22)21-38-31(35)25-11-6-3-7-12-25/h2-18,26-27H,19-21H2,1H3,(H,32,33)/t26?,27-/m0/s1. The Hall–Kier alpha value is -4.10. The van der Waals surface area contributed by atoms with Gasteiger partial charge in [0.05, 0.1) is 19.3 Å². The van der Waals surface area contributed by atoms with E-state index >= 15 is 0 Å². The first-order chi connectivity index (χ1) is 18.5. The summed E-state index contributed by atoms with van der Waals surface area (Å²) in [6, 6.07) is 29.1. The Morgan fingerprint density at radius 1 is 0.816 bits per heavy atom. The number of ether oxygens (including phenoxy) is 1. The van der Waals surface area contributed by atoms with Gasteiger partial charge in [0, 0.05) is 23.3 Å². The van der Waals surface area contributed by atoms with Gasteiger partial charge in [0.15, 0.2) is 0 Å². The molecule has 0 saturated heterocycles. The zero-order valence-electron chi connectivity index (χ0n) is 21.0. The Morgan fingerprint density at radius 2 is 1.47 bits per heavy atom. The molecule has 0 bridgehead atoms. The van der Waals surface area contributed by atoms with Crippen LogP contribution in [-0.2, 0) is 27.2 Å². The van der Waals surface area contributed by atoms with Crippen molar-refractivity contribution in [3.05, 3.63) is 120 Å². The van der Waals surface area contributed by atoms with Crippen LogP contribution in [0.2, 0.25) is 0 Å². The molecule has 7 heteroatoms. The Balaban J connectivity index is 1.46. The van der Waals surface area contributed by atoms with Gasteiger partial charge in [-0.1, -0.05) is 96.7 Å². The quantitative estimate of drug-likeness (QED) is 0.256. The van der Waals surface area contributed by atoms with Gasteiger partial charge >= 0.3 is 5.97 Å². The molecule has 0 aliphatic rings. The van der Waals surface area contributed by atoms with Crippen LogP contribution in [0.25, 0.3) is 11.3 Å². The van der Waals surface area contributed by atoms with Crippen LogP contribution in [0, 0.1) is 5.92 Å². The van der Waals surface area contributed by atoms with Gasteiger partial charge in [0.25, 0.3) is 0 Å². The van der Waals surface area contributed by atoms with Crippen molar-refractivity contribution >= 4 is 28.8 Å². The van der Waals surface area contributed by atoms with Crippen molar-refractivity contribution in [3.8, 4) is 11.3 Å². The van der Waals surface area contributed by atoms with Crippen LogP contribution in [-0.4, -0.2) is 35.9 Å². The first-order valence-electron chi connectivity index (χ1n) is 12.3. The summed E-state index contributed by atoms with van der Waals surface area (Å²) in [5, 5.41) is 2.79. The lowest BCUT2D eigenvalue weighted by molar-refractivity contribution is -0.145. The molecule has 0 radical (unpaired) electrons. The fourth-order valence-corrected chi connectivity index (χ4v) is 4.99. The van der Waals surface area contributed by atoms with E-state index in [1.54, 1.807) is 18.4 Å². The zero-order valence-corrected chi connectivity index (χ0v) is 21.9. The van der Waals surface area contributed by atoms with E-state index in [4.69, 9.17) is 9.15 Å². The summed E-state index contributed by atoms with van der Waals surface area (Å²) in [6.45, 7) is 0. The van der Waals surface area contributed by atoms with Gasteiger partial charge in [-0.2, -0.15) is 0 Å². The third-order valence-electron chi connectivity index (χ3n) is 6.12. The van der Waals surface area contributed by atoms with Crippen LogP contribution in [0.3, 0.4) is 0 Å². The first-order valence-corrected chi connectivity index (χ1v) is 13.3. The van der Waals surface area contributed by atoms with E-state index in [1.165, 1.54) is 7.11 Å². The predicted molar refractivity (Wildman–Crippen MR) is 149 cm³/mol. The molecule has 1 unspecified atom stereocenters. The van der Waals surface area contributed by atoms with Gasteiger partial charge in [0.1, 0.15) is 11.8 Å². The summed E-state index contributed by atoms with van der Waals surface area (Å²) in [5.41, 5.74) is 3.34. The molecule has 6 nitrogen and oxygen atoms in total. The number of methoxy groups -OCH3 is 1. The van der Waals surface area contributed by atoms with Crippen molar-refractivity contribution in [1.29, 1.82) is 0 Å². The van der Waals surface area contributed by atoms with Crippen LogP contribution < -0.4 is 5.32 Å². The Morgan fingerprint density at radius 3 is 2.11 bits per heavy atom. The molecule has 194 valence electrons. The molecule has 0 fully saturated rings. The highest BCUT2D eigenvalue weighted by atomic mass is 32.2. The van der Waals surface area contributed by atoms with E-state index in [2.05, 4.69) is 5.32 Å². The van der Waals surface area contributed by atoms with E-state index in [0.29, 0.717) is 12.0 Å². The smallest absolute Gasteiger partial charge is 0.328 e. The lowest BCUT2D eigenvalue weighted by atomic mass is 9.98. The fourth-order valence-electron chi connectivity index (χ4n) is 4.07. The Kier molecular flexibility index (Phi) is 9.54. The summed E-state index contributed by atoms with van der Waals surface area (Å²) < 4.78 is 10.4. The normalized spacial score (nSPS) is 12.3. The number of carbonyl (C=O) groups excluding carboxylic acids is 3. The van der Waals surface area contributed by atoms with E-state index in [0.717, 1.165) is 34.2 Å². The second kappa shape index (κ2) is 13.4. The summed E-state index contributed by atoms with van der Waals surface area (Å²) in [5.74, 6) is -0.325.